The smallest absolute Gasteiger partial charge is 0.255 e. The van der Waals surface area contributed by atoms with Crippen LogP contribution in [0.15, 0.2) is 47.5 Å². The lowest BCUT2D eigenvalue weighted by atomic mass is 10.2. The van der Waals surface area contributed by atoms with E-state index in [1.807, 2.05) is 13.8 Å². The second kappa shape index (κ2) is 7.62. The van der Waals surface area contributed by atoms with Crippen molar-refractivity contribution in [2.45, 2.75) is 24.8 Å². The second-order valence-corrected chi connectivity index (χ2v) is 8.15. The van der Waals surface area contributed by atoms with Gasteiger partial charge < -0.3 is 10.6 Å². The molecule has 0 atom stereocenters. The Kier molecular flexibility index (Phi) is 5.76. The van der Waals surface area contributed by atoms with E-state index in [9.17, 15) is 13.2 Å². The summed E-state index contributed by atoms with van der Waals surface area (Å²) in [7, 11) is -0.590. The Balaban J connectivity index is 2.08. The summed E-state index contributed by atoms with van der Waals surface area (Å²) < 4.78 is 25.2. The maximum atomic E-state index is 12.3. The van der Waals surface area contributed by atoms with Crippen LogP contribution in [0.5, 0.6) is 0 Å². The molecule has 0 radical (unpaired) electrons. The van der Waals surface area contributed by atoms with E-state index in [1.165, 1.54) is 38.4 Å². The van der Waals surface area contributed by atoms with E-state index in [1.54, 1.807) is 18.3 Å². The fourth-order valence-electron chi connectivity index (χ4n) is 2.04. The number of carbonyl (C=O) groups is 1. The molecular formula is C17H22N4O3S. The molecule has 1 aromatic carbocycles. The number of amides is 1. The van der Waals surface area contributed by atoms with Gasteiger partial charge in [0.25, 0.3) is 5.91 Å². The van der Waals surface area contributed by atoms with Gasteiger partial charge in [-0.1, -0.05) is 0 Å². The molecule has 1 aromatic heterocycles. The fourth-order valence-corrected chi connectivity index (χ4v) is 2.94. The summed E-state index contributed by atoms with van der Waals surface area (Å²) in [5, 5.41) is 5.89. The summed E-state index contributed by atoms with van der Waals surface area (Å²) in [6.07, 6.45) is 1.56. The number of sulfonamides is 1. The molecule has 7 nitrogen and oxygen atoms in total. The number of hydrogen-bond acceptors (Lipinski definition) is 5. The first kappa shape index (κ1) is 18.9. The molecule has 0 unspecified atom stereocenters. The van der Waals surface area contributed by atoms with Crippen LogP contribution in [0.3, 0.4) is 0 Å². The third-order valence-corrected chi connectivity index (χ3v) is 5.18. The van der Waals surface area contributed by atoms with Crippen LogP contribution in [0.1, 0.15) is 24.2 Å². The average Bonchev–Trinajstić information content (AvgIpc) is 2.56. The maximum Gasteiger partial charge on any atom is 0.255 e. The molecule has 0 aliphatic carbocycles. The van der Waals surface area contributed by atoms with E-state index in [4.69, 9.17) is 0 Å². The van der Waals surface area contributed by atoms with Crippen molar-refractivity contribution in [3.05, 3.63) is 48.2 Å². The van der Waals surface area contributed by atoms with Crippen molar-refractivity contribution in [2.24, 2.45) is 0 Å². The highest BCUT2D eigenvalue weighted by atomic mass is 32.2. The normalized spacial score (nSPS) is 11.6. The lowest BCUT2D eigenvalue weighted by molar-refractivity contribution is 0.102. The predicted octanol–water partition coefficient (Wildman–Crippen LogP) is 2.40. The van der Waals surface area contributed by atoms with E-state index in [0.717, 1.165) is 10.1 Å². The summed E-state index contributed by atoms with van der Waals surface area (Å²) in [6.45, 7) is 4.02. The number of rotatable bonds is 6. The molecule has 2 N–H and O–H groups in total. The van der Waals surface area contributed by atoms with Gasteiger partial charge in [0.15, 0.2) is 0 Å². The van der Waals surface area contributed by atoms with Crippen molar-refractivity contribution < 1.29 is 13.2 Å². The van der Waals surface area contributed by atoms with Crippen LogP contribution < -0.4 is 10.6 Å². The monoisotopic (exact) mass is 362 g/mol. The van der Waals surface area contributed by atoms with Crippen LogP contribution in [0.25, 0.3) is 0 Å². The Hall–Kier alpha value is -2.45. The van der Waals surface area contributed by atoms with Crippen LogP contribution in [0.4, 0.5) is 11.5 Å². The van der Waals surface area contributed by atoms with Crippen molar-refractivity contribution in [1.29, 1.82) is 0 Å². The number of nitrogens with zero attached hydrogens (tertiary/aromatic N) is 2. The highest BCUT2D eigenvalue weighted by molar-refractivity contribution is 7.89. The van der Waals surface area contributed by atoms with Gasteiger partial charge in [-0.15, -0.1) is 0 Å². The zero-order valence-electron chi connectivity index (χ0n) is 14.6. The Morgan fingerprint density at radius 3 is 2.20 bits per heavy atom. The van der Waals surface area contributed by atoms with Crippen molar-refractivity contribution >= 4 is 27.4 Å². The lowest BCUT2D eigenvalue weighted by Gasteiger charge is -2.12. The first-order chi connectivity index (χ1) is 11.7. The van der Waals surface area contributed by atoms with Gasteiger partial charge in [0.2, 0.25) is 10.0 Å². The molecule has 0 saturated carbocycles. The van der Waals surface area contributed by atoms with Crippen molar-refractivity contribution in [3.8, 4) is 0 Å². The van der Waals surface area contributed by atoms with E-state index < -0.39 is 10.0 Å². The minimum absolute atomic E-state index is 0.139. The van der Waals surface area contributed by atoms with Crippen LogP contribution >= 0.6 is 0 Å². The molecule has 0 aliphatic rings. The number of benzene rings is 1. The largest absolute Gasteiger partial charge is 0.368 e. The fraction of sp³-hybridized carbons (Fsp3) is 0.294. The third kappa shape index (κ3) is 4.77. The molecule has 1 heterocycles. The van der Waals surface area contributed by atoms with Gasteiger partial charge in [-0.25, -0.2) is 17.7 Å². The standard InChI is InChI=1S/C17H22N4O3S/c1-12(2)19-16-10-7-14(11-18-16)20-17(22)13-5-8-15(9-6-13)25(23,24)21(3)4/h5-12H,1-4H3,(H,18,19)(H,20,22). The molecule has 0 saturated heterocycles. The van der Waals surface area contributed by atoms with Gasteiger partial charge >= 0.3 is 0 Å². The molecule has 134 valence electrons. The molecule has 0 spiro atoms. The van der Waals surface area contributed by atoms with Crippen molar-refractivity contribution in [3.63, 3.8) is 0 Å². The number of nitrogens with one attached hydrogen (secondary N) is 2. The summed E-state index contributed by atoms with van der Waals surface area (Å²) in [5.74, 6) is 0.395. The number of pyridine rings is 1. The van der Waals surface area contributed by atoms with E-state index >= 15 is 0 Å². The molecule has 0 fully saturated rings. The molecule has 1 amide bonds. The van der Waals surface area contributed by atoms with Gasteiger partial charge in [-0.2, -0.15) is 0 Å². The first-order valence-corrected chi connectivity index (χ1v) is 9.20. The zero-order valence-corrected chi connectivity index (χ0v) is 15.5. The zero-order chi connectivity index (χ0) is 18.6. The number of hydrogen-bond donors (Lipinski definition) is 2. The van der Waals surface area contributed by atoms with E-state index in [2.05, 4.69) is 15.6 Å². The summed E-state index contributed by atoms with van der Waals surface area (Å²) in [6, 6.07) is 9.59. The summed E-state index contributed by atoms with van der Waals surface area (Å²) in [5.41, 5.74) is 0.923. The molecule has 2 rings (SSSR count). The van der Waals surface area contributed by atoms with Crippen LogP contribution in [-0.4, -0.2) is 43.8 Å². The predicted molar refractivity (Wildman–Crippen MR) is 98.3 cm³/mol. The highest BCUT2D eigenvalue weighted by Crippen LogP contribution is 2.16. The highest BCUT2D eigenvalue weighted by Gasteiger charge is 2.17. The van der Waals surface area contributed by atoms with Crippen LogP contribution in [0.2, 0.25) is 0 Å². The van der Waals surface area contributed by atoms with E-state index in [-0.39, 0.29) is 16.8 Å². The Morgan fingerprint density at radius 2 is 1.72 bits per heavy atom. The SMILES string of the molecule is CC(C)Nc1ccc(NC(=O)c2ccc(S(=O)(=O)N(C)C)cc2)cn1. The molecule has 0 bridgehead atoms. The molecule has 2 aromatic rings. The van der Waals surface area contributed by atoms with Crippen molar-refractivity contribution in [1.82, 2.24) is 9.29 Å². The van der Waals surface area contributed by atoms with Gasteiger partial charge in [0, 0.05) is 25.7 Å². The summed E-state index contributed by atoms with van der Waals surface area (Å²) >= 11 is 0. The first-order valence-electron chi connectivity index (χ1n) is 7.76. The number of carbonyl (C=O) groups excluding carboxylic acids is 1. The minimum Gasteiger partial charge on any atom is -0.368 e. The van der Waals surface area contributed by atoms with Crippen molar-refractivity contribution in [2.75, 3.05) is 24.7 Å². The molecular weight excluding hydrogens is 340 g/mol. The minimum atomic E-state index is -3.51. The topological polar surface area (TPSA) is 91.4 Å². The van der Waals surface area contributed by atoms with Gasteiger partial charge in [0.1, 0.15) is 5.82 Å². The van der Waals surface area contributed by atoms with Gasteiger partial charge in [-0.3, -0.25) is 4.79 Å². The Morgan fingerprint density at radius 1 is 1.08 bits per heavy atom. The molecule has 0 aliphatic heterocycles. The van der Waals surface area contributed by atoms with Crippen LogP contribution in [-0.2, 0) is 10.0 Å². The number of aromatic nitrogens is 1. The second-order valence-electron chi connectivity index (χ2n) is 6.00. The van der Waals surface area contributed by atoms with E-state index in [0.29, 0.717) is 11.3 Å². The Bertz CT molecular complexity index is 829. The maximum absolute atomic E-state index is 12.3. The van der Waals surface area contributed by atoms with Crippen LogP contribution in [0, 0.1) is 0 Å². The average molecular weight is 362 g/mol. The number of anilines is 2. The van der Waals surface area contributed by atoms with Gasteiger partial charge in [0.05, 0.1) is 16.8 Å². The third-order valence-electron chi connectivity index (χ3n) is 3.35. The molecule has 25 heavy (non-hydrogen) atoms. The lowest BCUT2D eigenvalue weighted by Crippen LogP contribution is -2.22. The molecule has 8 heteroatoms. The van der Waals surface area contributed by atoms with Gasteiger partial charge in [-0.05, 0) is 50.2 Å². The quantitative estimate of drug-likeness (QED) is 0.823. The Labute approximate surface area is 148 Å². The summed E-state index contributed by atoms with van der Waals surface area (Å²) in [4.78, 5) is 16.6.